The Balaban J connectivity index is 1.90. The van der Waals surface area contributed by atoms with E-state index in [-0.39, 0.29) is 17.9 Å². The summed E-state index contributed by atoms with van der Waals surface area (Å²) in [5.74, 6) is 0.296. The SMILES string of the molecule is Cc1cc(Oc2ncccc2Cl)ccc1C1C(C)C(=O)NC(=O)N1C. The zero-order valence-corrected chi connectivity index (χ0v) is 14.9. The summed E-state index contributed by atoms with van der Waals surface area (Å²) < 4.78 is 5.73. The number of pyridine rings is 1. The number of hydrogen-bond donors (Lipinski definition) is 1. The number of aryl methyl sites for hydroxylation is 1. The fourth-order valence-electron chi connectivity index (χ4n) is 2.99. The molecule has 1 fully saturated rings. The molecule has 1 saturated heterocycles. The molecule has 3 amide bonds. The topological polar surface area (TPSA) is 71.5 Å². The Bertz CT molecular complexity index is 820. The average Bonchev–Trinajstić information content (AvgIpc) is 2.57. The minimum absolute atomic E-state index is 0.270. The van der Waals surface area contributed by atoms with Crippen LogP contribution in [0.15, 0.2) is 36.5 Å². The Morgan fingerprint density at radius 2 is 2.04 bits per heavy atom. The number of ether oxygens (including phenoxy) is 1. The predicted octanol–water partition coefficient (Wildman–Crippen LogP) is 3.69. The molecule has 25 heavy (non-hydrogen) atoms. The van der Waals surface area contributed by atoms with Crippen LogP contribution in [0.25, 0.3) is 0 Å². The largest absolute Gasteiger partial charge is 0.438 e. The van der Waals surface area contributed by atoms with Crippen molar-refractivity contribution >= 4 is 23.5 Å². The number of urea groups is 1. The number of halogens is 1. The summed E-state index contributed by atoms with van der Waals surface area (Å²) in [7, 11) is 1.68. The average molecular weight is 360 g/mol. The van der Waals surface area contributed by atoms with E-state index in [4.69, 9.17) is 16.3 Å². The van der Waals surface area contributed by atoms with Crippen LogP contribution in [0.3, 0.4) is 0 Å². The number of benzene rings is 1. The first-order valence-electron chi connectivity index (χ1n) is 7.85. The third-order valence-electron chi connectivity index (χ3n) is 4.35. The molecule has 2 atom stereocenters. The third-order valence-corrected chi connectivity index (χ3v) is 4.64. The number of aromatic nitrogens is 1. The maximum Gasteiger partial charge on any atom is 0.324 e. The Morgan fingerprint density at radius 3 is 2.72 bits per heavy atom. The van der Waals surface area contributed by atoms with Gasteiger partial charge in [-0.2, -0.15) is 0 Å². The molecule has 0 saturated carbocycles. The van der Waals surface area contributed by atoms with Gasteiger partial charge >= 0.3 is 6.03 Å². The van der Waals surface area contributed by atoms with Crippen LogP contribution in [0.4, 0.5) is 4.79 Å². The van der Waals surface area contributed by atoms with E-state index in [1.165, 1.54) is 0 Å². The van der Waals surface area contributed by atoms with Gasteiger partial charge in [0, 0.05) is 13.2 Å². The van der Waals surface area contributed by atoms with E-state index in [0.29, 0.717) is 16.7 Å². The molecule has 2 heterocycles. The minimum Gasteiger partial charge on any atom is -0.438 e. The summed E-state index contributed by atoms with van der Waals surface area (Å²) in [6.07, 6.45) is 1.60. The fourth-order valence-corrected chi connectivity index (χ4v) is 3.15. The van der Waals surface area contributed by atoms with Gasteiger partial charge in [-0.3, -0.25) is 10.1 Å². The Morgan fingerprint density at radius 1 is 1.28 bits per heavy atom. The van der Waals surface area contributed by atoms with Crippen LogP contribution in [0.1, 0.15) is 24.1 Å². The second-order valence-corrected chi connectivity index (χ2v) is 6.46. The molecule has 0 radical (unpaired) electrons. The van der Waals surface area contributed by atoms with Gasteiger partial charge in [-0.15, -0.1) is 0 Å². The molecule has 130 valence electrons. The quantitative estimate of drug-likeness (QED) is 0.907. The molecule has 0 bridgehead atoms. The zero-order chi connectivity index (χ0) is 18.1. The number of rotatable bonds is 3. The van der Waals surface area contributed by atoms with Crippen LogP contribution in [-0.2, 0) is 4.79 Å². The van der Waals surface area contributed by atoms with E-state index in [1.54, 1.807) is 43.3 Å². The molecule has 1 aliphatic heterocycles. The monoisotopic (exact) mass is 359 g/mol. The molecule has 1 aromatic carbocycles. The van der Waals surface area contributed by atoms with Gasteiger partial charge in [-0.05, 0) is 42.3 Å². The number of nitrogens with zero attached hydrogens (tertiary/aromatic N) is 2. The van der Waals surface area contributed by atoms with Crippen molar-refractivity contribution in [1.29, 1.82) is 0 Å². The number of nitrogens with one attached hydrogen (secondary N) is 1. The van der Waals surface area contributed by atoms with Crippen molar-refractivity contribution in [3.05, 3.63) is 52.7 Å². The molecule has 1 aromatic heterocycles. The molecule has 1 N–H and O–H groups in total. The normalized spacial score (nSPS) is 20.4. The van der Waals surface area contributed by atoms with Crippen LogP contribution in [0, 0.1) is 12.8 Å². The highest BCUT2D eigenvalue weighted by atomic mass is 35.5. The highest BCUT2D eigenvalue weighted by molar-refractivity contribution is 6.31. The van der Waals surface area contributed by atoms with Gasteiger partial charge in [-0.25, -0.2) is 9.78 Å². The molecule has 3 rings (SSSR count). The molecule has 7 heteroatoms. The molecular weight excluding hydrogens is 342 g/mol. The Kier molecular flexibility index (Phi) is 4.63. The number of carbonyl (C=O) groups is 2. The summed E-state index contributed by atoms with van der Waals surface area (Å²) in [5, 5.41) is 2.77. The first-order chi connectivity index (χ1) is 11.9. The van der Waals surface area contributed by atoms with Crippen molar-refractivity contribution in [3.63, 3.8) is 0 Å². The van der Waals surface area contributed by atoms with Crippen molar-refractivity contribution < 1.29 is 14.3 Å². The van der Waals surface area contributed by atoms with Crippen molar-refractivity contribution in [2.45, 2.75) is 19.9 Å². The van der Waals surface area contributed by atoms with Gasteiger partial charge in [0.15, 0.2) is 0 Å². The predicted molar refractivity (Wildman–Crippen MR) is 93.7 cm³/mol. The first kappa shape index (κ1) is 17.2. The molecule has 1 aliphatic rings. The van der Waals surface area contributed by atoms with E-state index >= 15 is 0 Å². The van der Waals surface area contributed by atoms with Gasteiger partial charge in [0.2, 0.25) is 11.8 Å². The molecule has 0 spiro atoms. The van der Waals surface area contributed by atoms with Crippen molar-refractivity contribution in [2.24, 2.45) is 5.92 Å². The van der Waals surface area contributed by atoms with Gasteiger partial charge in [0.1, 0.15) is 10.8 Å². The maximum atomic E-state index is 12.0. The Hall–Kier alpha value is -2.60. The number of carbonyl (C=O) groups excluding carboxylic acids is 2. The lowest BCUT2D eigenvalue weighted by Gasteiger charge is -2.37. The van der Waals surface area contributed by atoms with Crippen LogP contribution >= 0.6 is 11.6 Å². The summed E-state index contributed by atoms with van der Waals surface area (Å²) >= 11 is 6.06. The fraction of sp³-hybridized carbons (Fsp3) is 0.278. The number of hydrogen-bond acceptors (Lipinski definition) is 4. The number of imide groups is 1. The molecule has 2 unspecified atom stereocenters. The van der Waals surface area contributed by atoms with E-state index in [2.05, 4.69) is 10.3 Å². The number of amides is 3. The molecular formula is C18H18ClN3O3. The highest BCUT2D eigenvalue weighted by Gasteiger charge is 2.38. The van der Waals surface area contributed by atoms with E-state index in [9.17, 15) is 9.59 Å². The summed E-state index contributed by atoms with van der Waals surface area (Å²) in [5.41, 5.74) is 1.81. The van der Waals surface area contributed by atoms with Gasteiger partial charge < -0.3 is 9.64 Å². The molecule has 2 aromatic rings. The maximum absolute atomic E-state index is 12.0. The lowest BCUT2D eigenvalue weighted by molar-refractivity contribution is -0.127. The molecule has 0 aliphatic carbocycles. The van der Waals surface area contributed by atoms with E-state index in [1.807, 2.05) is 19.1 Å². The first-order valence-corrected chi connectivity index (χ1v) is 8.23. The van der Waals surface area contributed by atoms with Crippen LogP contribution < -0.4 is 10.1 Å². The van der Waals surface area contributed by atoms with Crippen LogP contribution in [-0.4, -0.2) is 28.9 Å². The summed E-state index contributed by atoms with van der Waals surface area (Å²) in [6, 6.07) is 8.20. The lowest BCUT2D eigenvalue weighted by atomic mass is 9.88. The summed E-state index contributed by atoms with van der Waals surface area (Å²) in [6.45, 7) is 3.72. The van der Waals surface area contributed by atoms with Crippen LogP contribution in [0.2, 0.25) is 5.02 Å². The second kappa shape index (κ2) is 6.72. The zero-order valence-electron chi connectivity index (χ0n) is 14.1. The van der Waals surface area contributed by atoms with E-state index < -0.39 is 6.03 Å². The summed E-state index contributed by atoms with van der Waals surface area (Å²) in [4.78, 5) is 29.6. The Labute approximate surface area is 150 Å². The van der Waals surface area contributed by atoms with Crippen molar-refractivity contribution in [2.75, 3.05) is 7.05 Å². The van der Waals surface area contributed by atoms with Crippen molar-refractivity contribution in [1.82, 2.24) is 15.2 Å². The highest BCUT2D eigenvalue weighted by Crippen LogP contribution is 2.35. The lowest BCUT2D eigenvalue weighted by Crippen LogP contribution is -2.53. The van der Waals surface area contributed by atoms with Gasteiger partial charge in [0.05, 0.1) is 12.0 Å². The second-order valence-electron chi connectivity index (χ2n) is 6.05. The van der Waals surface area contributed by atoms with Gasteiger partial charge in [0.25, 0.3) is 0 Å². The third kappa shape index (κ3) is 3.30. The van der Waals surface area contributed by atoms with Crippen LogP contribution in [0.5, 0.6) is 11.6 Å². The standard InChI is InChI=1S/C18H18ClN3O3/c1-10-9-12(25-17-14(19)5-4-8-20-17)6-7-13(10)15-11(2)16(23)21-18(24)22(15)3/h4-9,11,15H,1-3H3,(H,21,23,24). The smallest absolute Gasteiger partial charge is 0.324 e. The molecule has 6 nitrogen and oxygen atoms in total. The minimum atomic E-state index is -0.395. The van der Waals surface area contributed by atoms with Crippen molar-refractivity contribution in [3.8, 4) is 11.6 Å². The van der Waals surface area contributed by atoms with Gasteiger partial charge in [-0.1, -0.05) is 24.6 Å². The van der Waals surface area contributed by atoms with E-state index in [0.717, 1.165) is 11.1 Å².